The van der Waals surface area contributed by atoms with Crippen molar-refractivity contribution in [2.24, 2.45) is 10.9 Å². The molecule has 1 N–H and O–H groups in total. The maximum atomic E-state index is 13.3. The van der Waals surface area contributed by atoms with Crippen LogP contribution in [0.3, 0.4) is 0 Å². The van der Waals surface area contributed by atoms with E-state index in [0.29, 0.717) is 30.0 Å². The van der Waals surface area contributed by atoms with E-state index in [1.807, 2.05) is 37.3 Å². The lowest BCUT2D eigenvalue weighted by Gasteiger charge is -2.35. The number of aliphatic imine (C=N–C) groups is 1. The van der Waals surface area contributed by atoms with Crippen molar-refractivity contribution in [3.05, 3.63) is 70.9 Å². The average Bonchev–Trinajstić information content (AvgIpc) is 2.79. The van der Waals surface area contributed by atoms with Crippen molar-refractivity contribution in [2.75, 3.05) is 6.61 Å². The molecule has 2 aromatic carbocycles. The molecule has 2 aromatic rings. The first-order chi connectivity index (χ1) is 15.5. The van der Waals surface area contributed by atoms with Gasteiger partial charge in [0, 0.05) is 23.7 Å². The van der Waals surface area contributed by atoms with Crippen LogP contribution in [0.2, 0.25) is 0 Å². The average molecular weight is 434 g/mol. The SMILES string of the molecule is CCOc1cc([C@@H]2C(C(=O)OCc3ccccc3)=C(C)N=C3CCCC(=O)C32)ccc1O. The lowest BCUT2D eigenvalue weighted by Crippen LogP contribution is -2.39. The number of esters is 1. The van der Waals surface area contributed by atoms with Gasteiger partial charge in [-0.25, -0.2) is 4.79 Å². The van der Waals surface area contributed by atoms with Crippen molar-refractivity contribution in [2.45, 2.75) is 45.6 Å². The molecule has 1 aliphatic carbocycles. The Morgan fingerprint density at radius 2 is 1.91 bits per heavy atom. The molecule has 6 heteroatoms. The largest absolute Gasteiger partial charge is 0.504 e. The molecule has 4 rings (SSSR count). The number of phenolic OH excluding ortho intramolecular Hbond substituents is 1. The Kier molecular flexibility index (Phi) is 6.40. The summed E-state index contributed by atoms with van der Waals surface area (Å²) in [6.45, 7) is 4.15. The number of nitrogens with zero attached hydrogens (tertiary/aromatic N) is 1. The predicted molar refractivity (Wildman–Crippen MR) is 121 cm³/mol. The lowest BCUT2D eigenvalue weighted by atomic mass is 9.69. The smallest absolute Gasteiger partial charge is 0.336 e. The first-order valence-electron chi connectivity index (χ1n) is 11.0. The molecule has 0 aromatic heterocycles. The number of rotatable bonds is 6. The number of aromatic hydroxyl groups is 1. The maximum absolute atomic E-state index is 13.3. The van der Waals surface area contributed by atoms with Crippen LogP contribution in [-0.2, 0) is 20.9 Å². The zero-order valence-electron chi connectivity index (χ0n) is 18.3. The minimum atomic E-state index is -0.529. The van der Waals surface area contributed by atoms with Crippen LogP contribution in [0, 0.1) is 5.92 Å². The minimum absolute atomic E-state index is 0.0178. The molecule has 1 saturated carbocycles. The van der Waals surface area contributed by atoms with E-state index >= 15 is 0 Å². The van der Waals surface area contributed by atoms with Gasteiger partial charge in [0.2, 0.25) is 0 Å². The molecular weight excluding hydrogens is 406 g/mol. The van der Waals surface area contributed by atoms with Crippen molar-refractivity contribution in [3.63, 3.8) is 0 Å². The van der Waals surface area contributed by atoms with Crippen molar-refractivity contribution in [1.82, 2.24) is 0 Å². The summed E-state index contributed by atoms with van der Waals surface area (Å²) in [5.41, 5.74) is 3.38. The number of fused-ring (bicyclic) bond motifs is 1. The van der Waals surface area contributed by atoms with E-state index < -0.39 is 17.8 Å². The third-order valence-corrected chi connectivity index (χ3v) is 5.98. The number of carbonyl (C=O) groups excluding carboxylic acids is 2. The van der Waals surface area contributed by atoms with Crippen molar-refractivity contribution in [1.29, 1.82) is 0 Å². The maximum Gasteiger partial charge on any atom is 0.336 e. The number of carbonyl (C=O) groups is 2. The summed E-state index contributed by atoms with van der Waals surface area (Å²) in [5.74, 6) is -1.10. The zero-order chi connectivity index (χ0) is 22.7. The Hall–Kier alpha value is -3.41. The summed E-state index contributed by atoms with van der Waals surface area (Å²) >= 11 is 0. The fourth-order valence-corrected chi connectivity index (χ4v) is 4.54. The molecule has 2 atom stereocenters. The topological polar surface area (TPSA) is 85.2 Å². The molecule has 0 spiro atoms. The van der Waals surface area contributed by atoms with E-state index in [9.17, 15) is 14.7 Å². The molecule has 1 aliphatic heterocycles. The van der Waals surface area contributed by atoms with Crippen LogP contribution in [-0.4, -0.2) is 29.2 Å². The summed E-state index contributed by atoms with van der Waals surface area (Å²) in [5, 5.41) is 10.2. The van der Waals surface area contributed by atoms with E-state index in [1.165, 1.54) is 0 Å². The molecule has 0 bridgehead atoms. The Morgan fingerprint density at radius 3 is 2.66 bits per heavy atom. The highest BCUT2D eigenvalue weighted by Gasteiger charge is 2.44. The van der Waals surface area contributed by atoms with Gasteiger partial charge in [-0.1, -0.05) is 36.4 Å². The number of allylic oxidation sites excluding steroid dienone is 1. The van der Waals surface area contributed by atoms with Gasteiger partial charge in [0.25, 0.3) is 0 Å². The number of hydrogen-bond acceptors (Lipinski definition) is 6. The number of ether oxygens (including phenoxy) is 2. The first kappa shape index (κ1) is 21.8. The summed E-state index contributed by atoms with van der Waals surface area (Å²) < 4.78 is 11.2. The Morgan fingerprint density at radius 1 is 1.12 bits per heavy atom. The van der Waals surface area contributed by atoms with E-state index in [-0.39, 0.29) is 18.1 Å². The molecule has 166 valence electrons. The summed E-state index contributed by atoms with van der Waals surface area (Å²) in [4.78, 5) is 30.9. The van der Waals surface area contributed by atoms with Gasteiger partial charge in [-0.15, -0.1) is 0 Å². The predicted octanol–water partition coefficient (Wildman–Crippen LogP) is 4.72. The van der Waals surface area contributed by atoms with Crippen LogP contribution >= 0.6 is 0 Å². The number of phenols is 1. The van der Waals surface area contributed by atoms with Crippen molar-refractivity contribution in [3.8, 4) is 11.5 Å². The van der Waals surface area contributed by atoms with E-state index in [4.69, 9.17) is 9.47 Å². The summed E-state index contributed by atoms with van der Waals surface area (Å²) in [7, 11) is 0. The van der Waals surface area contributed by atoms with Gasteiger partial charge >= 0.3 is 5.97 Å². The molecule has 32 heavy (non-hydrogen) atoms. The quantitative estimate of drug-likeness (QED) is 0.667. The molecular formula is C26H27NO5. The first-order valence-corrected chi connectivity index (χ1v) is 11.0. The number of Topliss-reactive ketones (excluding diaryl/α,β-unsaturated/α-hetero) is 1. The van der Waals surface area contributed by atoms with E-state index in [1.54, 1.807) is 25.1 Å². The number of ketones is 1. The third kappa shape index (κ3) is 4.31. The van der Waals surface area contributed by atoms with Gasteiger partial charge in [-0.3, -0.25) is 9.79 Å². The molecule has 1 unspecified atom stereocenters. The highest BCUT2D eigenvalue weighted by molar-refractivity contribution is 6.11. The Bertz CT molecular complexity index is 1090. The van der Waals surface area contributed by atoms with Gasteiger partial charge in [-0.2, -0.15) is 0 Å². The van der Waals surface area contributed by atoms with Crippen LogP contribution in [0.1, 0.15) is 50.2 Å². The fourth-order valence-electron chi connectivity index (χ4n) is 4.54. The van der Waals surface area contributed by atoms with Crippen LogP contribution in [0.5, 0.6) is 11.5 Å². The molecule has 1 fully saturated rings. The number of hydrogen-bond donors (Lipinski definition) is 1. The Labute approximate surface area is 187 Å². The fraction of sp³-hybridized carbons (Fsp3) is 0.346. The standard InChI is InChI=1S/C26H27NO5/c1-3-31-22-14-18(12-13-20(22)28)24-23(26(30)32-15-17-8-5-4-6-9-17)16(2)27-19-10-7-11-21(29)25(19)24/h4-6,8-9,12-14,24-25,28H,3,7,10-11,15H2,1-2H3/t24-,25?/m1/s1. The van der Waals surface area contributed by atoms with Crippen LogP contribution in [0.25, 0.3) is 0 Å². The monoisotopic (exact) mass is 433 g/mol. The molecule has 0 saturated heterocycles. The summed E-state index contributed by atoms with van der Waals surface area (Å²) in [6.07, 6.45) is 1.96. The Balaban J connectivity index is 1.74. The zero-order valence-corrected chi connectivity index (χ0v) is 18.3. The summed E-state index contributed by atoms with van der Waals surface area (Å²) in [6, 6.07) is 14.5. The number of benzene rings is 2. The second-order valence-corrected chi connectivity index (χ2v) is 8.10. The normalized spacial score (nSPS) is 20.4. The highest BCUT2D eigenvalue weighted by atomic mass is 16.5. The van der Waals surface area contributed by atoms with Gasteiger partial charge < -0.3 is 14.6 Å². The van der Waals surface area contributed by atoms with Gasteiger partial charge in [0.05, 0.1) is 18.1 Å². The van der Waals surface area contributed by atoms with Crippen LogP contribution < -0.4 is 4.74 Å². The second kappa shape index (κ2) is 9.39. The van der Waals surface area contributed by atoms with Gasteiger partial charge in [0.15, 0.2) is 11.5 Å². The third-order valence-electron chi connectivity index (χ3n) is 5.98. The van der Waals surface area contributed by atoms with Crippen LogP contribution in [0.4, 0.5) is 0 Å². The molecule has 1 heterocycles. The second-order valence-electron chi connectivity index (χ2n) is 8.10. The van der Waals surface area contributed by atoms with E-state index in [2.05, 4.69) is 4.99 Å². The highest BCUT2D eigenvalue weighted by Crippen LogP contribution is 2.44. The minimum Gasteiger partial charge on any atom is -0.504 e. The van der Waals surface area contributed by atoms with Crippen LogP contribution in [0.15, 0.2) is 64.8 Å². The lowest BCUT2D eigenvalue weighted by molar-refractivity contribution is -0.140. The molecule has 0 amide bonds. The van der Waals surface area contributed by atoms with Crippen molar-refractivity contribution >= 4 is 17.5 Å². The molecule has 6 nitrogen and oxygen atoms in total. The van der Waals surface area contributed by atoms with Crippen molar-refractivity contribution < 1.29 is 24.2 Å². The molecule has 0 radical (unpaired) electrons. The molecule has 2 aliphatic rings. The van der Waals surface area contributed by atoms with E-state index in [0.717, 1.165) is 29.7 Å². The van der Waals surface area contributed by atoms with Gasteiger partial charge in [-0.05, 0) is 49.9 Å². The van der Waals surface area contributed by atoms with Gasteiger partial charge in [0.1, 0.15) is 12.4 Å².